The Morgan fingerprint density at radius 3 is 2.47 bits per heavy atom. The van der Waals surface area contributed by atoms with Gasteiger partial charge in [0.25, 0.3) is 0 Å². The predicted molar refractivity (Wildman–Crippen MR) is 128 cm³/mol. The van der Waals surface area contributed by atoms with E-state index in [9.17, 15) is 13.6 Å². The normalized spacial score (nSPS) is 19.9. The van der Waals surface area contributed by atoms with E-state index in [1.54, 1.807) is 41.3 Å². The molecule has 2 N–H and O–H groups in total. The first-order valence-corrected chi connectivity index (χ1v) is 11.3. The smallest absolute Gasteiger partial charge is 0.233 e. The fourth-order valence-electron chi connectivity index (χ4n) is 4.42. The summed E-state index contributed by atoms with van der Waals surface area (Å²) in [7, 11) is 0. The minimum Gasteiger partial charge on any atom is -0.483 e. The quantitative estimate of drug-likeness (QED) is 0.420. The molecule has 1 amide bonds. The van der Waals surface area contributed by atoms with Crippen molar-refractivity contribution in [1.82, 2.24) is 0 Å². The van der Waals surface area contributed by atoms with Crippen molar-refractivity contribution in [3.63, 3.8) is 0 Å². The minimum atomic E-state index is -0.550. The molecule has 7 heteroatoms. The average molecular weight is 462 g/mol. The standard InChI is InChI=1S/C27H25F2N3O2/c1-16-25(22-14-19(29)5-10-24(22)32(16)26(33)27(2)11-12-27)34-21-8-9-23(17(13-21)15-30)31-20-6-3-18(28)4-7-20/h3-10,13-16,25,30-31H,11-12H2,1-2H3/t16-,25-/m0/s1. The van der Waals surface area contributed by atoms with Crippen molar-refractivity contribution in [2.24, 2.45) is 5.41 Å². The molecular formula is C27H25F2N3O2. The Labute approximate surface area is 196 Å². The molecule has 3 aromatic carbocycles. The lowest BCUT2D eigenvalue weighted by atomic mass is 10.1. The largest absolute Gasteiger partial charge is 0.483 e. The number of carbonyl (C=O) groups excluding carboxylic acids is 1. The number of ether oxygens (including phenoxy) is 1. The maximum atomic E-state index is 14.2. The van der Waals surface area contributed by atoms with Gasteiger partial charge in [0.1, 0.15) is 23.5 Å². The fourth-order valence-corrected chi connectivity index (χ4v) is 4.42. The van der Waals surface area contributed by atoms with E-state index in [1.165, 1.54) is 30.5 Å². The van der Waals surface area contributed by atoms with Gasteiger partial charge in [-0.05, 0) is 80.4 Å². The maximum absolute atomic E-state index is 14.2. The van der Waals surface area contributed by atoms with E-state index in [0.717, 1.165) is 12.8 Å². The minimum absolute atomic E-state index is 0.0398. The van der Waals surface area contributed by atoms with Crippen LogP contribution in [0.5, 0.6) is 5.75 Å². The van der Waals surface area contributed by atoms with Crippen LogP contribution in [0.15, 0.2) is 60.7 Å². The molecule has 174 valence electrons. The van der Waals surface area contributed by atoms with Gasteiger partial charge in [0.05, 0.1) is 11.7 Å². The second-order valence-corrected chi connectivity index (χ2v) is 9.24. The van der Waals surface area contributed by atoms with Gasteiger partial charge in [-0.3, -0.25) is 4.79 Å². The van der Waals surface area contributed by atoms with E-state index >= 15 is 0 Å². The summed E-state index contributed by atoms with van der Waals surface area (Å²) < 4.78 is 33.7. The number of amides is 1. The fraction of sp³-hybridized carbons (Fsp3) is 0.259. The van der Waals surface area contributed by atoms with Crippen LogP contribution in [0.25, 0.3) is 0 Å². The topological polar surface area (TPSA) is 65.4 Å². The Balaban J connectivity index is 1.43. The Bertz CT molecular complexity index is 1270. The van der Waals surface area contributed by atoms with Gasteiger partial charge in [-0.2, -0.15) is 0 Å². The molecule has 0 radical (unpaired) electrons. The summed E-state index contributed by atoms with van der Waals surface area (Å²) in [6.45, 7) is 3.87. The molecule has 1 fully saturated rings. The van der Waals surface area contributed by atoms with Crippen LogP contribution in [-0.2, 0) is 4.79 Å². The number of rotatable bonds is 6. The summed E-state index contributed by atoms with van der Waals surface area (Å²) >= 11 is 0. The first-order chi connectivity index (χ1) is 16.3. The van der Waals surface area contributed by atoms with E-state index in [-0.39, 0.29) is 29.0 Å². The van der Waals surface area contributed by atoms with Crippen LogP contribution in [-0.4, -0.2) is 18.2 Å². The van der Waals surface area contributed by atoms with Gasteiger partial charge in [0.15, 0.2) is 0 Å². The van der Waals surface area contributed by atoms with Gasteiger partial charge in [-0.15, -0.1) is 0 Å². The van der Waals surface area contributed by atoms with Crippen molar-refractivity contribution >= 4 is 29.2 Å². The molecule has 0 saturated heterocycles. The number of anilines is 3. The number of hydrogen-bond donors (Lipinski definition) is 2. The zero-order chi connectivity index (χ0) is 24.0. The summed E-state index contributed by atoms with van der Waals surface area (Å²) in [5.74, 6) is -0.169. The number of nitrogens with zero attached hydrogens (tertiary/aromatic N) is 1. The lowest BCUT2D eigenvalue weighted by Crippen LogP contribution is -2.42. The number of fused-ring (bicyclic) bond motifs is 1. The second-order valence-electron chi connectivity index (χ2n) is 9.24. The number of nitrogens with one attached hydrogen (secondary N) is 2. The molecule has 1 aliphatic carbocycles. The van der Waals surface area contributed by atoms with Crippen LogP contribution in [0, 0.1) is 22.5 Å². The van der Waals surface area contributed by atoms with Crippen LogP contribution >= 0.6 is 0 Å². The van der Waals surface area contributed by atoms with Crippen molar-refractivity contribution in [1.29, 1.82) is 5.41 Å². The van der Waals surface area contributed by atoms with Crippen molar-refractivity contribution < 1.29 is 18.3 Å². The Kier molecular flexibility index (Phi) is 5.35. The monoisotopic (exact) mass is 461 g/mol. The Morgan fingerprint density at radius 1 is 1.09 bits per heavy atom. The third-order valence-electron chi connectivity index (χ3n) is 6.70. The van der Waals surface area contributed by atoms with Crippen LogP contribution < -0.4 is 15.0 Å². The number of benzene rings is 3. The number of halogens is 2. The molecule has 1 aliphatic heterocycles. The molecular weight excluding hydrogens is 436 g/mol. The van der Waals surface area contributed by atoms with Crippen molar-refractivity contribution in [2.75, 3.05) is 10.2 Å². The van der Waals surface area contributed by atoms with E-state index in [4.69, 9.17) is 10.1 Å². The molecule has 0 spiro atoms. The molecule has 2 aliphatic rings. The van der Waals surface area contributed by atoms with Crippen LogP contribution in [0.1, 0.15) is 43.9 Å². The van der Waals surface area contributed by atoms with Crippen LogP contribution in [0.2, 0.25) is 0 Å². The Morgan fingerprint density at radius 2 is 1.79 bits per heavy atom. The summed E-state index contributed by atoms with van der Waals surface area (Å²) in [6, 6.07) is 15.3. The third kappa shape index (κ3) is 3.91. The molecule has 34 heavy (non-hydrogen) atoms. The Hall–Kier alpha value is -3.74. The lowest BCUT2D eigenvalue weighted by molar-refractivity contribution is -0.123. The zero-order valence-electron chi connectivity index (χ0n) is 18.9. The molecule has 3 aromatic rings. The zero-order valence-corrected chi connectivity index (χ0v) is 18.9. The maximum Gasteiger partial charge on any atom is 0.233 e. The lowest BCUT2D eigenvalue weighted by Gasteiger charge is -2.28. The SMILES string of the molecule is C[C@H]1[C@H](Oc2ccc(Nc3ccc(F)cc3)c(C=N)c2)c2cc(F)ccc2N1C(=O)C1(C)CC1. The molecule has 0 unspecified atom stereocenters. The number of hydrogen-bond acceptors (Lipinski definition) is 4. The molecule has 5 nitrogen and oxygen atoms in total. The van der Waals surface area contributed by atoms with Gasteiger partial charge in [-0.25, -0.2) is 8.78 Å². The van der Waals surface area contributed by atoms with E-state index in [1.807, 2.05) is 13.8 Å². The molecule has 5 rings (SSSR count). The summed E-state index contributed by atoms with van der Waals surface area (Å²) in [5, 5.41) is 11.0. The van der Waals surface area contributed by atoms with Crippen LogP contribution in [0.4, 0.5) is 25.8 Å². The first-order valence-electron chi connectivity index (χ1n) is 11.3. The highest BCUT2D eigenvalue weighted by Gasteiger charge is 2.52. The van der Waals surface area contributed by atoms with E-state index < -0.39 is 6.10 Å². The van der Waals surface area contributed by atoms with E-state index in [0.29, 0.717) is 33.9 Å². The molecule has 1 heterocycles. The van der Waals surface area contributed by atoms with Crippen LogP contribution in [0.3, 0.4) is 0 Å². The summed E-state index contributed by atoms with van der Waals surface area (Å²) in [5.41, 5.74) is 2.88. The average Bonchev–Trinajstić information content (AvgIpc) is 3.53. The highest BCUT2D eigenvalue weighted by atomic mass is 19.1. The van der Waals surface area contributed by atoms with Crippen molar-refractivity contribution in [3.8, 4) is 5.75 Å². The predicted octanol–water partition coefficient (Wildman–Crippen LogP) is 6.36. The second kappa shape index (κ2) is 8.24. The van der Waals surface area contributed by atoms with Gasteiger partial charge >= 0.3 is 0 Å². The third-order valence-corrected chi connectivity index (χ3v) is 6.70. The first kappa shape index (κ1) is 22.1. The molecule has 2 atom stereocenters. The van der Waals surface area contributed by atoms with E-state index in [2.05, 4.69) is 5.32 Å². The summed E-state index contributed by atoms with van der Waals surface area (Å²) in [6.07, 6.45) is 2.35. The highest BCUT2D eigenvalue weighted by Crippen LogP contribution is 2.51. The van der Waals surface area contributed by atoms with Gasteiger partial charge in [0.2, 0.25) is 5.91 Å². The highest BCUT2D eigenvalue weighted by molar-refractivity contribution is 6.01. The van der Waals surface area contributed by atoms with Crippen molar-refractivity contribution in [2.45, 2.75) is 38.8 Å². The summed E-state index contributed by atoms with van der Waals surface area (Å²) in [4.78, 5) is 15.0. The molecule has 0 bridgehead atoms. The van der Waals surface area contributed by atoms with Gasteiger partial charge < -0.3 is 20.4 Å². The molecule has 1 saturated carbocycles. The van der Waals surface area contributed by atoms with Crippen molar-refractivity contribution in [3.05, 3.63) is 83.4 Å². The van der Waals surface area contributed by atoms with Gasteiger partial charge in [-0.1, -0.05) is 6.92 Å². The number of carbonyl (C=O) groups is 1. The van der Waals surface area contributed by atoms with Gasteiger partial charge in [0, 0.05) is 34.1 Å². The molecule has 0 aromatic heterocycles.